The highest BCUT2D eigenvalue weighted by molar-refractivity contribution is 5.96. The van der Waals surface area contributed by atoms with E-state index in [1.807, 2.05) is 36.4 Å². The summed E-state index contributed by atoms with van der Waals surface area (Å²) in [6.07, 6.45) is 5.23. The zero-order valence-corrected chi connectivity index (χ0v) is 16.4. The highest BCUT2D eigenvalue weighted by Crippen LogP contribution is 2.21. The van der Waals surface area contributed by atoms with E-state index in [1.165, 1.54) is 11.1 Å². The highest BCUT2D eigenvalue weighted by atomic mass is 16.4. The fourth-order valence-electron chi connectivity index (χ4n) is 3.42. The number of hydrogen-bond acceptors (Lipinski definition) is 2. The molecular formula is C24H30O3. The number of carbonyl (C=O) groups excluding carboxylic acids is 1. The largest absolute Gasteiger partial charge is 0.481 e. The minimum Gasteiger partial charge on any atom is -0.481 e. The van der Waals surface area contributed by atoms with Gasteiger partial charge in [0.05, 0.1) is 0 Å². The molecule has 3 nitrogen and oxygen atoms in total. The van der Waals surface area contributed by atoms with Gasteiger partial charge in [0.2, 0.25) is 0 Å². The van der Waals surface area contributed by atoms with Crippen molar-refractivity contribution in [3.63, 3.8) is 0 Å². The molecule has 1 atom stereocenters. The van der Waals surface area contributed by atoms with E-state index in [1.54, 1.807) is 0 Å². The van der Waals surface area contributed by atoms with Crippen LogP contribution in [-0.2, 0) is 24.1 Å². The van der Waals surface area contributed by atoms with Gasteiger partial charge in [0.25, 0.3) is 0 Å². The van der Waals surface area contributed by atoms with Crippen molar-refractivity contribution in [3.8, 4) is 0 Å². The molecule has 144 valence electrons. The van der Waals surface area contributed by atoms with E-state index in [-0.39, 0.29) is 12.2 Å². The second kappa shape index (κ2) is 10.7. The summed E-state index contributed by atoms with van der Waals surface area (Å²) in [5.74, 6) is -0.222. The summed E-state index contributed by atoms with van der Waals surface area (Å²) < 4.78 is 0. The van der Waals surface area contributed by atoms with Gasteiger partial charge in [0.1, 0.15) is 0 Å². The predicted molar refractivity (Wildman–Crippen MR) is 109 cm³/mol. The van der Waals surface area contributed by atoms with E-state index in [2.05, 4.69) is 26.0 Å². The van der Waals surface area contributed by atoms with Crippen molar-refractivity contribution in [2.24, 2.45) is 5.92 Å². The van der Waals surface area contributed by atoms with Crippen LogP contribution >= 0.6 is 0 Å². The highest BCUT2D eigenvalue weighted by Gasteiger charge is 2.15. The molecule has 0 bridgehead atoms. The van der Waals surface area contributed by atoms with Gasteiger partial charge in [-0.2, -0.15) is 0 Å². The van der Waals surface area contributed by atoms with Crippen molar-refractivity contribution in [3.05, 3.63) is 70.8 Å². The molecule has 2 aromatic rings. The maximum absolute atomic E-state index is 12.7. The Morgan fingerprint density at radius 1 is 0.889 bits per heavy atom. The smallest absolute Gasteiger partial charge is 0.303 e. The first-order valence-electron chi connectivity index (χ1n) is 9.93. The van der Waals surface area contributed by atoms with Gasteiger partial charge in [-0.1, -0.05) is 68.8 Å². The van der Waals surface area contributed by atoms with Crippen LogP contribution in [-0.4, -0.2) is 16.9 Å². The maximum atomic E-state index is 12.7. The first-order valence-corrected chi connectivity index (χ1v) is 9.93. The number of rotatable bonds is 11. The van der Waals surface area contributed by atoms with E-state index in [4.69, 9.17) is 5.11 Å². The topological polar surface area (TPSA) is 54.4 Å². The summed E-state index contributed by atoms with van der Waals surface area (Å²) in [4.78, 5) is 23.3. The summed E-state index contributed by atoms with van der Waals surface area (Å²) in [5, 5.41) is 8.78. The number of carboxylic acids is 1. The molecule has 27 heavy (non-hydrogen) atoms. The third-order valence-electron chi connectivity index (χ3n) is 5.03. The van der Waals surface area contributed by atoms with Gasteiger partial charge in [-0.05, 0) is 48.3 Å². The Balaban J connectivity index is 1.97. The first-order chi connectivity index (χ1) is 13.0. The number of carbonyl (C=O) groups is 2. The van der Waals surface area contributed by atoms with Gasteiger partial charge in [-0.25, -0.2) is 0 Å². The molecule has 1 unspecified atom stereocenters. The van der Waals surface area contributed by atoms with E-state index >= 15 is 0 Å². The summed E-state index contributed by atoms with van der Waals surface area (Å²) >= 11 is 0. The average molecular weight is 367 g/mol. The zero-order valence-electron chi connectivity index (χ0n) is 16.4. The van der Waals surface area contributed by atoms with Crippen LogP contribution in [0.25, 0.3) is 0 Å². The molecule has 3 heteroatoms. The van der Waals surface area contributed by atoms with E-state index < -0.39 is 5.97 Å². The molecule has 0 amide bonds. The number of hydrogen-bond donors (Lipinski definition) is 1. The van der Waals surface area contributed by atoms with Crippen molar-refractivity contribution in [2.45, 2.75) is 58.8 Å². The normalized spacial score (nSPS) is 11.9. The minimum atomic E-state index is -0.771. The molecule has 0 aliphatic carbocycles. The van der Waals surface area contributed by atoms with E-state index in [0.29, 0.717) is 18.8 Å². The van der Waals surface area contributed by atoms with Gasteiger partial charge in [-0.15, -0.1) is 0 Å². The Morgan fingerprint density at radius 3 is 2.04 bits per heavy atom. The van der Waals surface area contributed by atoms with Gasteiger partial charge in [0, 0.05) is 18.4 Å². The molecule has 0 saturated heterocycles. The molecule has 0 radical (unpaired) electrons. The number of carboxylic acid groups (broad SMARTS) is 1. The number of aliphatic carboxylic acids is 1. The average Bonchev–Trinajstić information content (AvgIpc) is 2.67. The second-order valence-corrected chi connectivity index (χ2v) is 7.25. The summed E-state index contributed by atoms with van der Waals surface area (Å²) in [5.41, 5.74) is 4.30. The lowest BCUT2D eigenvalue weighted by molar-refractivity contribution is -0.136. The summed E-state index contributed by atoms with van der Waals surface area (Å²) in [6.45, 7) is 4.27. The van der Waals surface area contributed by atoms with Crippen molar-refractivity contribution in [2.75, 3.05) is 0 Å². The lowest BCUT2D eigenvalue weighted by Crippen LogP contribution is -2.12. The van der Waals surface area contributed by atoms with Crippen molar-refractivity contribution in [1.82, 2.24) is 0 Å². The number of aryl methyl sites for hydroxylation is 2. The van der Waals surface area contributed by atoms with Crippen LogP contribution in [0.3, 0.4) is 0 Å². The molecule has 0 heterocycles. The molecule has 0 aromatic heterocycles. The van der Waals surface area contributed by atoms with Crippen LogP contribution in [0.1, 0.15) is 66.6 Å². The SMILES string of the molecule is CCCC(CC(=O)c1ccc(CC)cc1)Cc1ccc(CCC(=O)O)cc1. The zero-order chi connectivity index (χ0) is 19.6. The van der Waals surface area contributed by atoms with Gasteiger partial charge in [0.15, 0.2) is 5.78 Å². The fourth-order valence-corrected chi connectivity index (χ4v) is 3.42. The Morgan fingerprint density at radius 2 is 1.48 bits per heavy atom. The van der Waals surface area contributed by atoms with Crippen LogP contribution in [0.5, 0.6) is 0 Å². The second-order valence-electron chi connectivity index (χ2n) is 7.25. The van der Waals surface area contributed by atoms with Gasteiger partial charge < -0.3 is 5.11 Å². The van der Waals surface area contributed by atoms with E-state index in [0.717, 1.165) is 36.8 Å². The molecule has 2 aromatic carbocycles. The summed E-state index contributed by atoms with van der Waals surface area (Å²) in [6, 6.07) is 16.1. The number of ketones is 1. The van der Waals surface area contributed by atoms with E-state index in [9.17, 15) is 9.59 Å². The van der Waals surface area contributed by atoms with Crippen molar-refractivity contribution >= 4 is 11.8 Å². The Hall–Kier alpha value is -2.42. The van der Waals surface area contributed by atoms with Crippen molar-refractivity contribution < 1.29 is 14.7 Å². The molecule has 0 aliphatic rings. The van der Waals surface area contributed by atoms with Crippen LogP contribution in [0.15, 0.2) is 48.5 Å². The molecule has 0 saturated carbocycles. The standard InChI is InChI=1S/C24H30O3/c1-3-5-21(17-23(25)22-13-10-18(4-2)11-14-22)16-20-8-6-19(7-9-20)12-15-24(26)27/h6-11,13-14,21H,3-5,12,15-17H2,1-2H3,(H,26,27). The third kappa shape index (κ3) is 7.01. The lowest BCUT2D eigenvalue weighted by Gasteiger charge is -2.16. The molecule has 1 N–H and O–H groups in total. The van der Waals surface area contributed by atoms with Crippen LogP contribution in [0.4, 0.5) is 0 Å². The predicted octanol–water partition coefficient (Wildman–Crippen LogP) is 5.50. The lowest BCUT2D eigenvalue weighted by atomic mass is 9.88. The van der Waals surface area contributed by atoms with Gasteiger partial charge in [-0.3, -0.25) is 9.59 Å². The number of Topliss-reactive ketones (excluding diaryl/α,β-unsaturated/α-hetero) is 1. The Bertz CT molecular complexity index is 729. The van der Waals surface area contributed by atoms with Crippen LogP contribution in [0.2, 0.25) is 0 Å². The molecule has 0 aliphatic heterocycles. The molecule has 0 fully saturated rings. The minimum absolute atomic E-state index is 0.156. The summed E-state index contributed by atoms with van der Waals surface area (Å²) in [7, 11) is 0. The van der Waals surface area contributed by atoms with Crippen LogP contribution < -0.4 is 0 Å². The van der Waals surface area contributed by atoms with Crippen LogP contribution in [0, 0.1) is 5.92 Å². The van der Waals surface area contributed by atoms with Gasteiger partial charge >= 0.3 is 5.97 Å². The quantitative estimate of drug-likeness (QED) is 0.534. The molecule has 0 spiro atoms. The molecular weight excluding hydrogens is 336 g/mol. The third-order valence-corrected chi connectivity index (χ3v) is 5.03. The molecule has 2 rings (SSSR count). The monoisotopic (exact) mass is 366 g/mol. The first kappa shape index (κ1) is 20.9. The maximum Gasteiger partial charge on any atom is 0.303 e. The Kier molecular flexibility index (Phi) is 8.25. The fraction of sp³-hybridized carbons (Fsp3) is 0.417. The Labute approximate surface area is 162 Å². The number of benzene rings is 2. The van der Waals surface area contributed by atoms with Crippen molar-refractivity contribution in [1.29, 1.82) is 0 Å².